The molecule has 0 radical (unpaired) electrons. The van der Waals surface area contributed by atoms with Gasteiger partial charge in [-0.25, -0.2) is 9.37 Å². The molecule has 2 aromatic carbocycles. The summed E-state index contributed by atoms with van der Waals surface area (Å²) in [5.41, 5.74) is 5.09. The molecule has 0 bridgehead atoms. The number of carbonyl (C=O) groups excluding carboxylic acids is 1. The minimum atomic E-state index is -0.306. The Morgan fingerprint density at radius 2 is 2.00 bits per heavy atom. The normalized spacial score (nSPS) is 19.2. The number of aromatic nitrogens is 2. The van der Waals surface area contributed by atoms with Gasteiger partial charge in [0.1, 0.15) is 24.4 Å². The van der Waals surface area contributed by atoms with Crippen LogP contribution in [0.5, 0.6) is 5.75 Å². The number of ether oxygens (including phenoxy) is 2. The van der Waals surface area contributed by atoms with Crippen molar-refractivity contribution in [3.63, 3.8) is 0 Å². The van der Waals surface area contributed by atoms with Gasteiger partial charge >= 0.3 is 0 Å². The lowest BCUT2D eigenvalue weighted by atomic mass is 9.94. The molecule has 1 amide bonds. The summed E-state index contributed by atoms with van der Waals surface area (Å²) in [6.45, 7) is 2.27. The molecule has 0 N–H and O–H groups in total. The van der Waals surface area contributed by atoms with Crippen molar-refractivity contribution >= 4 is 12.0 Å². The summed E-state index contributed by atoms with van der Waals surface area (Å²) >= 11 is 0. The summed E-state index contributed by atoms with van der Waals surface area (Å²) in [6.07, 6.45) is 8.58. The van der Waals surface area contributed by atoms with Gasteiger partial charge in [0.25, 0.3) is 5.91 Å². The maximum Gasteiger partial charge on any atom is 0.254 e. The van der Waals surface area contributed by atoms with Crippen LogP contribution in [0.1, 0.15) is 35.7 Å². The highest BCUT2D eigenvalue weighted by Crippen LogP contribution is 2.38. The van der Waals surface area contributed by atoms with Gasteiger partial charge in [0.05, 0.1) is 36.6 Å². The van der Waals surface area contributed by atoms with E-state index in [1.54, 1.807) is 36.7 Å². The summed E-state index contributed by atoms with van der Waals surface area (Å²) in [5, 5.41) is 0. The molecule has 1 fully saturated rings. The van der Waals surface area contributed by atoms with E-state index in [0.717, 1.165) is 33.8 Å². The molecule has 3 aromatic rings. The van der Waals surface area contributed by atoms with E-state index in [1.807, 2.05) is 42.0 Å². The van der Waals surface area contributed by atoms with Crippen LogP contribution in [0.3, 0.4) is 0 Å². The lowest BCUT2D eigenvalue weighted by molar-refractivity contribution is -0.130. The van der Waals surface area contributed by atoms with Crippen LogP contribution in [-0.4, -0.2) is 34.1 Å². The smallest absolute Gasteiger partial charge is 0.254 e. The van der Waals surface area contributed by atoms with Crippen LogP contribution in [0, 0.1) is 12.7 Å². The zero-order valence-electron chi connectivity index (χ0n) is 18.5. The number of hydrogen-bond donors (Lipinski definition) is 0. The van der Waals surface area contributed by atoms with Crippen LogP contribution in [0.15, 0.2) is 72.5 Å². The number of piperidine rings is 1. The van der Waals surface area contributed by atoms with Gasteiger partial charge in [0.15, 0.2) is 0 Å². The van der Waals surface area contributed by atoms with Crippen LogP contribution >= 0.6 is 0 Å². The van der Waals surface area contributed by atoms with E-state index in [1.165, 1.54) is 12.1 Å². The summed E-state index contributed by atoms with van der Waals surface area (Å²) in [5.74, 6) is 0.333. The van der Waals surface area contributed by atoms with Crippen LogP contribution in [-0.2, 0) is 9.53 Å². The molecule has 2 aliphatic heterocycles. The van der Waals surface area contributed by atoms with E-state index in [2.05, 4.69) is 4.98 Å². The summed E-state index contributed by atoms with van der Waals surface area (Å²) in [6, 6.07) is 11.8. The number of aryl methyl sites for hydroxylation is 1. The second-order valence-corrected chi connectivity index (χ2v) is 8.21. The second-order valence-electron chi connectivity index (χ2n) is 8.21. The number of methoxy groups -OCH3 is 1. The van der Waals surface area contributed by atoms with Gasteiger partial charge in [0.2, 0.25) is 0 Å². The Kier molecular flexibility index (Phi) is 5.46. The standard InChI is InChI=1S/C26H24FN3O3/c1-17-13-29(16-28-17)23-10-3-18(12-25(23)32-2)11-20-6-9-22-14-33-15-24(30(22)26(20)31)19-4-7-21(27)8-5-19/h3-5,7-8,10-14,16,24H,6,9,15H2,1-2H3/b20-11-/t24-/m1/s1. The molecular formula is C26H24FN3O3. The lowest BCUT2D eigenvalue weighted by Crippen LogP contribution is -2.42. The highest BCUT2D eigenvalue weighted by atomic mass is 19.1. The average molecular weight is 445 g/mol. The van der Waals surface area contributed by atoms with E-state index in [0.29, 0.717) is 25.2 Å². The number of rotatable bonds is 4. The summed E-state index contributed by atoms with van der Waals surface area (Å²) < 4.78 is 26.6. The largest absolute Gasteiger partial charge is 0.497 e. The zero-order chi connectivity index (χ0) is 22.9. The highest BCUT2D eigenvalue weighted by Gasteiger charge is 2.36. The summed E-state index contributed by atoms with van der Waals surface area (Å²) in [4.78, 5) is 19.6. The fraction of sp³-hybridized carbons (Fsp3) is 0.231. The third-order valence-electron chi connectivity index (χ3n) is 6.03. The number of amides is 1. The Morgan fingerprint density at radius 3 is 2.73 bits per heavy atom. The molecule has 1 aromatic heterocycles. The average Bonchev–Trinajstić information content (AvgIpc) is 3.27. The molecule has 0 spiro atoms. The van der Waals surface area contributed by atoms with Crippen molar-refractivity contribution < 1.29 is 18.7 Å². The predicted octanol–water partition coefficient (Wildman–Crippen LogP) is 4.95. The molecule has 6 nitrogen and oxygen atoms in total. The first-order chi connectivity index (χ1) is 16.0. The van der Waals surface area contributed by atoms with Gasteiger partial charge < -0.3 is 14.0 Å². The topological polar surface area (TPSA) is 56.6 Å². The van der Waals surface area contributed by atoms with Crippen LogP contribution in [0.25, 0.3) is 11.8 Å². The molecule has 0 unspecified atom stereocenters. The minimum absolute atomic E-state index is 0.0570. The molecular weight excluding hydrogens is 421 g/mol. The van der Waals surface area contributed by atoms with Crippen molar-refractivity contribution in [2.45, 2.75) is 25.8 Å². The van der Waals surface area contributed by atoms with Crippen molar-refractivity contribution in [2.24, 2.45) is 0 Å². The van der Waals surface area contributed by atoms with Crippen molar-refractivity contribution in [1.82, 2.24) is 14.5 Å². The van der Waals surface area contributed by atoms with Crippen molar-refractivity contribution in [3.8, 4) is 11.4 Å². The minimum Gasteiger partial charge on any atom is -0.497 e. The van der Waals surface area contributed by atoms with E-state index in [-0.39, 0.29) is 17.8 Å². The van der Waals surface area contributed by atoms with E-state index < -0.39 is 0 Å². The Bertz CT molecular complexity index is 1260. The predicted molar refractivity (Wildman–Crippen MR) is 122 cm³/mol. The first-order valence-electron chi connectivity index (χ1n) is 10.8. The first-order valence-corrected chi connectivity index (χ1v) is 10.8. The van der Waals surface area contributed by atoms with Crippen molar-refractivity contribution in [3.05, 3.63) is 95.2 Å². The molecule has 1 atom stereocenters. The number of nitrogens with zero attached hydrogens (tertiary/aromatic N) is 3. The zero-order valence-corrected chi connectivity index (χ0v) is 18.5. The maximum atomic E-state index is 13.5. The van der Waals surface area contributed by atoms with E-state index >= 15 is 0 Å². The number of allylic oxidation sites excluding steroid dienone is 1. The van der Waals surface area contributed by atoms with Gasteiger partial charge in [-0.05, 0) is 61.2 Å². The number of imidazole rings is 1. The Labute approximate surface area is 191 Å². The Balaban J connectivity index is 1.46. The van der Waals surface area contributed by atoms with Crippen LogP contribution in [0.2, 0.25) is 0 Å². The van der Waals surface area contributed by atoms with Gasteiger partial charge in [-0.3, -0.25) is 9.69 Å². The monoisotopic (exact) mass is 445 g/mol. The van der Waals surface area contributed by atoms with Gasteiger partial charge in [0, 0.05) is 11.8 Å². The molecule has 1 saturated heterocycles. The number of halogens is 1. The number of fused-ring (bicyclic) bond motifs is 1. The molecule has 0 aliphatic carbocycles. The Morgan fingerprint density at radius 1 is 1.18 bits per heavy atom. The van der Waals surface area contributed by atoms with Gasteiger partial charge in [-0.15, -0.1) is 0 Å². The second kappa shape index (κ2) is 8.58. The fourth-order valence-corrected chi connectivity index (χ4v) is 4.36. The molecule has 5 rings (SSSR count). The molecule has 0 saturated carbocycles. The number of carbonyl (C=O) groups is 1. The Hall–Kier alpha value is -3.87. The number of benzene rings is 2. The van der Waals surface area contributed by atoms with Gasteiger partial charge in [-0.1, -0.05) is 18.2 Å². The molecule has 3 heterocycles. The van der Waals surface area contributed by atoms with Gasteiger partial charge in [-0.2, -0.15) is 0 Å². The highest BCUT2D eigenvalue weighted by molar-refractivity contribution is 6.00. The van der Waals surface area contributed by atoms with Crippen LogP contribution in [0.4, 0.5) is 4.39 Å². The van der Waals surface area contributed by atoms with Crippen molar-refractivity contribution in [2.75, 3.05) is 13.7 Å². The molecule has 168 valence electrons. The molecule has 7 heteroatoms. The lowest BCUT2D eigenvalue weighted by Gasteiger charge is -2.40. The number of hydrogen-bond acceptors (Lipinski definition) is 4. The van der Waals surface area contributed by atoms with Crippen LogP contribution < -0.4 is 4.74 Å². The summed E-state index contributed by atoms with van der Waals surface area (Å²) in [7, 11) is 1.63. The fourth-order valence-electron chi connectivity index (χ4n) is 4.36. The quantitative estimate of drug-likeness (QED) is 0.534. The molecule has 2 aliphatic rings. The molecule has 33 heavy (non-hydrogen) atoms. The SMILES string of the molecule is COc1cc(/C=C2/CCC3=COC[C@H](c4ccc(F)cc4)N3C2=O)ccc1-n1cnc(C)c1. The third-order valence-corrected chi connectivity index (χ3v) is 6.03. The third kappa shape index (κ3) is 4.02. The van der Waals surface area contributed by atoms with E-state index in [9.17, 15) is 9.18 Å². The maximum absolute atomic E-state index is 13.5. The van der Waals surface area contributed by atoms with E-state index in [4.69, 9.17) is 9.47 Å². The first kappa shape index (κ1) is 21.0. The van der Waals surface area contributed by atoms with Crippen molar-refractivity contribution in [1.29, 1.82) is 0 Å².